The molecule has 0 bridgehead atoms. The molecule has 1 N–H and O–H groups in total. The Morgan fingerprint density at radius 1 is 1.32 bits per heavy atom. The normalized spacial score (nSPS) is 24.3. The highest BCUT2D eigenvalue weighted by Crippen LogP contribution is 2.36. The number of imide groups is 1. The molecule has 0 aromatic rings. The maximum absolute atomic E-state index is 12.4. The third-order valence-electron chi connectivity index (χ3n) is 4.51. The first-order valence-electron chi connectivity index (χ1n) is 7.95. The van der Waals surface area contributed by atoms with E-state index < -0.39 is 54.0 Å². The topological polar surface area (TPSA) is 128 Å². The van der Waals surface area contributed by atoms with Crippen molar-refractivity contribution in [2.75, 3.05) is 6.61 Å². The minimum atomic E-state index is -1.27. The Kier molecular flexibility index (Phi) is 5.47. The number of nitrogens with one attached hydrogen (secondary N) is 1. The number of carbonyl (C=O) groups excluding carboxylic acids is 4. The molecule has 0 unspecified atom stereocenters. The van der Waals surface area contributed by atoms with E-state index in [1.165, 1.54) is 13.8 Å². The maximum atomic E-state index is 12.4. The van der Waals surface area contributed by atoms with Crippen LogP contribution in [0.25, 0.3) is 0 Å². The largest absolute Gasteiger partial charge is 0.456 e. The first kappa shape index (κ1) is 18.5. The number of allylic oxidation sites excluding steroid dienone is 2. The van der Waals surface area contributed by atoms with Crippen molar-refractivity contribution in [2.45, 2.75) is 32.7 Å². The summed E-state index contributed by atoms with van der Waals surface area (Å²) in [6.07, 6.45) is 4.63. The molecule has 1 fully saturated rings. The summed E-state index contributed by atoms with van der Waals surface area (Å²) in [7, 11) is 0. The van der Waals surface area contributed by atoms with Gasteiger partial charge in [-0.05, 0) is 26.7 Å². The zero-order valence-corrected chi connectivity index (χ0v) is 14.0. The fourth-order valence-corrected chi connectivity index (χ4v) is 3.07. The van der Waals surface area contributed by atoms with E-state index in [4.69, 9.17) is 15.4 Å². The van der Waals surface area contributed by atoms with E-state index in [0.29, 0.717) is 12.8 Å². The minimum Gasteiger partial charge on any atom is -0.456 e. The van der Waals surface area contributed by atoms with Gasteiger partial charge in [0.1, 0.15) is 12.0 Å². The van der Waals surface area contributed by atoms with Crippen LogP contribution in [0.2, 0.25) is 0 Å². The van der Waals surface area contributed by atoms with Crippen LogP contribution in [0, 0.1) is 34.5 Å². The van der Waals surface area contributed by atoms with Gasteiger partial charge in [0.15, 0.2) is 12.4 Å². The zero-order chi connectivity index (χ0) is 18.7. The van der Waals surface area contributed by atoms with Gasteiger partial charge in [0.25, 0.3) is 0 Å². The monoisotopic (exact) mass is 345 g/mol. The second kappa shape index (κ2) is 7.38. The molecule has 1 aliphatic heterocycles. The molecule has 0 radical (unpaired) electrons. The van der Waals surface area contributed by atoms with Gasteiger partial charge in [-0.25, -0.2) is 4.79 Å². The fourth-order valence-electron chi connectivity index (χ4n) is 3.07. The highest BCUT2D eigenvalue weighted by atomic mass is 16.5. The van der Waals surface area contributed by atoms with Gasteiger partial charge in [0.2, 0.25) is 11.8 Å². The van der Waals surface area contributed by atoms with Crippen LogP contribution in [0.4, 0.5) is 0 Å². The van der Waals surface area contributed by atoms with Crippen LogP contribution in [-0.4, -0.2) is 46.8 Å². The third kappa shape index (κ3) is 3.50. The molecule has 0 spiro atoms. The van der Waals surface area contributed by atoms with Crippen molar-refractivity contribution in [3.8, 4) is 6.07 Å². The van der Waals surface area contributed by atoms with E-state index in [-0.39, 0.29) is 5.71 Å². The van der Waals surface area contributed by atoms with E-state index in [9.17, 15) is 19.2 Å². The van der Waals surface area contributed by atoms with E-state index in [1.54, 1.807) is 6.07 Å². The fraction of sp³-hybridized carbons (Fsp3) is 0.529. The van der Waals surface area contributed by atoms with Crippen molar-refractivity contribution in [1.82, 2.24) is 4.90 Å². The van der Waals surface area contributed by atoms with Crippen LogP contribution in [0.5, 0.6) is 0 Å². The van der Waals surface area contributed by atoms with Crippen molar-refractivity contribution in [2.24, 2.45) is 17.8 Å². The Morgan fingerprint density at radius 3 is 2.28 bits per heavy atom. The standard InChI is InChI=1S/C17H19N3O5/c1-9(19)13(7-18)14(21)8-25-17(24)10(2)20-15(22)11-5-3-4-6-12(11)16(20)23/h3-4,10-13,19H,5-6,8H2,1-2H3/t10-,11-,12-,13+/m0/s1. The van der Waals surface area contributed by atoms with Crippen LogP contribution in [-0.2, 0) is 23.9 Å². The lowest BCUT2D eigenvalue weighted by Gasteiger charge is -2.21. The number of amides is 2. The number of nitrogens with zero attached hydrogens (tertiary/aromatic N) is 2. The molecule has 0 aromatic heterocycles. The molecule has 0 saturated carbocycles. The summed E-state index contributed by atoms with van der Waals surface area (Å²) < 4.78 is 4.86. The van der Waals surface area contributed by atoms with Gasteiger partial charge < -0.3 is 10.1 Å². The summed E-state index contributed by atoms with van der Waals surface area (Å²) in [5, 5.41) is 16.2. The lowest BCUT2D eigenvalue weighted by atomic mass is 9.85. The molecule has 1 heterocycles. The first-order chi connectivity index (χ1) is 11.8. The van der Waals surface area contributed by atoms with Crippen LogP contribution in [0.1, 0.15) is 26.7 Å². The Balaban J connectivity index is 2.00. The van der Waals surface area contributed by atoms with Crippen molar-refractivity contribution in [3.63, 3.8) is 0 Å². The van der Waals surface area contributed by atoms with E-state index in [2.05, 4.69) is 0 Å². The molecule has 2 rings (SSSR count). The second-order valence-electron chi connectivity index (χ2n) is 6.20. The van der Waals surface area contributed by atoms with Gasteiger partial charge in [-0.3, -0.25) is 19.3 Å². The Labute approximate surface area is 144 Å². The van der Waals surface area contributed by atoms with Crippen LogP contribution in [0.3, 0.4) is 0 Å². The number of ether oxygens (including phenoxy) is 1. The predicted octanol–water partition coefficient (Wildman–Crippen LogP) is 0.618. The SMILES string of the molecule is CC(=N)[C@@H](C#N)C(=O)COC(=O)[C@H](C)N1C(=O)[C@H]2CC=CC[C@@H]2C1=O. The molecule has 8 nitrogen and oxygen atoms in total. The molecule has 1 saturated heterocycles. The van der Waals surface area contributed by atoms with E-state index in [0.717, 1.165) is 4.90 Å². The second-order valence-corrected chi connectivity index (χ2v) is 6.20. The molecular weight excluding hydrogens is 326 g/mol. The number of likely N-dealkylation sites (tertiary alicyclic amines) is 1. The third-order valence-corrected chi connectivity index (χ3v) is 4.51. The number of fused-ring (bicyclic) bond motifs is 1. The number of hydrogen-bond donors (Lipinski definition) is 1. The van der Waals surface area contributed by atoms with Crippen molar-refractivity contribution in [1.29, 1.82) is 10.7 Å². The van der Waals surface area contributed by atoms with Gasteiger partial charge in [-0.1, -0.05) is 12.2 Å². The molecule has 132 valence electrons. The molecule has 4 atom stereocenters. The van der Waals surface area contributed by atoms with Gasteiger partial charge >= 0.3 is 5.97 Å². The quantitative estimate of drug-likeness (QED) is 0.325. The number of hydrogen-bond acceptors (Lipinski definition) is 7. The predicted molar refractivity (Wildman–Crippen MR) is 85.1 cm³/mol. The number of ketones is 1. The number of carbonyl (C=O) groups is 4. The Morgan fingerprint density at radius 2 is 1.84 bits per heavy atom. The van der Waals surface area contributed by atoms with Crippen molar-refractivity contribution in [3.05, 3.63) is 12.2 Å². The Hall–Kier alpha value is -2.82. The molecule has 2 aliphatic rings. The average Bonchev–Trinajstić information content (AvgIpc) is 2.84. The first-order valence-corrected chi connectivity index (χ1v) is 7.95. The number of Topliss-reactive ketones (excluding diaryl/α,β-unsaturated/α-hetero) is 1. The van der Waals surface area contributed by atoms with Crippen LogP contribution in [0.15, 0.2) is 12.2 Å². The highest BCUT2D eigenvalue weighted by molar-refractivity contribution is 6.08. The summed E-state index contributed by atoms with van der Waals surface area (Å²) in [5.41, 5.74) is -0.141. The van der Waals surface area contributed by atoms with Gasteiger partial charge in [0, 0.05) is 5.71 Å². The lowest BCUT2D eigenvalue weighted by molar-refractivity contribution is -0.159. The highest BCUT2D eigenvalue weighted by Gasteiger charge is 2.50. The van der Waals surface area contributed by atoms with E-state index in [1.807, 2.05) is 12.2 Å². The summed E-state index contributed by atoms with van der Waals surface area (Å²) in [6, 6.07) is 0.527. The molecule has 8 heteroatoms. The van der Waals surface area contributed by atoms with E-state index >= 15 is 0 Å². The summed E-state index contributed by atoms with van der Waals surface area (Å²) >= 11 is 0. The van der Waals surface area contributed by atoms with Crippen molar-refractivity contribution >= 4 is 29.3 Å². The van der Waals surface area contributed by atoms with Gasteiger partial charge in [0.05, 0.1) is 17.9 Å². The zero-order valence-electron chi connectivity index (χ0n) is 14.0. The Bertz CT molecular complexity index is 680. The van der Waals surface area contributed by atoms with Crippen LogP contribution >= 0.6 is 0 Å². The van der Waals surface area contributed by atoms with Crippen molar-refractivity contribution < 1.29 is 23.9 Å². The lowest BCUT2D eigenvalue weighted by Crippen LogP contribution is -2.45. The molecule has 25 heavy (non-hydrogen) atoms. The maximum Gasteiger partial charge on any atom is 0.329 e. The average molecular weight is 345 g/mol. The smallest absolute Gasteiger partial charge is 0.329 e. The number of nitriles is 1. The van der Waals surface area contributed by atoms with Gasteiger partial charge in [-0.2, -0.15) is 5.26 Å². The summed E-state index contributed by atoms with van der Waals surface area (Å²) in [6.45, 7) is 2.01. The minimum absolute atomic E-state index is 0.141. The molecule has 1 aliphatic carbocycles. The number of esters is 1. The molecule has 0 aromatic carbocycles. The number of rotatable bonds is 6. The molecular formula is C17H19N3O5. The van der Waals surface area contributed by atoms with Crippen LogP contribution < -0.4 is 0 Å². The van der Waals surface area contributed by atoms with Gasteiger partial charge in [-0.15, -0.1) is 0 Å². The summed E-state index contributed by atoms with van der Waals surface area (Å²) in [5.74, 6) is -4.57. The summed E-state index contributed by atoms with van der Waals surface area (Å²) in [4.78, 5) is 49.7. The molecule has 2 amide bonds.